The van der Waals surface area contributed by atoms with Crippen molar-refractivity contribution in [2.75, 3.05) is 13.2 Å². The van der Waals surface area contributed by atoms with Crippen molar-refractivity contribution in [3.63, 3.8) is 0 Å². The molecule has 6 nitrogen and oxygen atoms in total. The van der Waals surface area contributed by atoms with E-state index in [0.29, 0.717) is 0 Å². The Hall–Kier alpha value is -1.14. The summed E-state index contributed by atoms with van der Waals surface area (Å²) in [5.74, 6) is -0.888. The van der Waals surface area contributed by atoms with Gasteiger partial charge < -0.3 is 21.5 Å². The third-order valence-corrected chi connectivity index (χ3v) is 2.35. The molecular formula is C9H17N3O3. The third-order valence-electron chi connectivity index (χ3n) is 2.35. The van der Waals surface area contributed by atoms with Crippen LogP contribution in [0.1, 0.15) is 19.3 Å². The van der Waals surface area contributed by atoms with Gasteiger partial charge in [-0.25, -0.2) is 0 Å². The number of nitrogens with zero attached hydrogens (tertiary/aromatic N) is 1. The molecule has 0 aromatic carbocycles. The Labute approximate surface area is 88.2 Å². The first-order valence-corrected chi connectivity index (χ1v) is 5.01. The fraction of sp³-hybridized carbons (Fsp3) is 0.778. The molecule has 1 unspecified atom stereocenters. The smallest absolute Gasteiger partial charge is 0.240 e. The Balaban J connectivity index is 2.50. The van der Waals surface area contributed by atoms with Crippen molar-refractivity contribution in [3.05, 3.63) is 0 Å². The average Bonchev–Trinajstić information content (AvgIpc) is 2.95. The van der Waals surface area contributed by atoms with E-state index in [1.807, 2.05) is 0 Å². The van der Waals surface area contributed by atoms with E-state index >= 15 is 0 Å². The number of amides is 2. The largest absolute Gasteiger partial charge is 0.395 e. The second-order valence-corrected chi connectivity index (χ2v) is 3.76. The van der Waals surface area contributed by atoms with E-state index in [4.69, 9.17) is 16.6 Å². The average molecular weight is 215 g/mol. The maximum Gasteiger partial charge on any atom is 0.240 e. The van der Waals surface area contributed by atoms with Crippen LogP contribution >= 0.6 is 0 Å². The molecular weight excluding hydrogens is 198 g/mol. The molecule has 6 heteroatoms. The van der Waals surface area contributed by atoms with E-state index in [2.05, 4.69) is 0 Å². The van der Waals surface area contributed by atoms with Gasteiger partial charge in [-0.1, -0.05) is 0 Å². The van der Waals surface area contributed by atoms with E-state index in [1.165, 1.54) is 4.90 Å². The highest BCUT2D eigenvalue weighted by Gasteiger charge is 2.34. The number of hydrogen-bond donors (Lipinski definition) is 3. The monoisotopic (exact) mass is 215 g/mol. The van der Waals surface area contributed by atoms with Crippen molar-refractivity contribution in [3.8, 4) is 0 Å². The van der Waals surface area contributed by atoms with Crippen LogP contribution in [-0.2, 0) is 9.59 Å². The van der Waals surface area contributed by atoms with Gasteiger partial charge in [0.2, 0.25) is 11.8 Å². The zero-order chi connectivity index (χ0) is 11.4. The van der Waals surface area contributed by atoms with Crippen molar-refractivity contribution in [2.45, 2.75) is 31.3 Å². The molecule has 0 radical (unpaired) electrons. The zero-order valence-corrected chi connectivity index (χ0v) is 8.56. The molecule has 1 atom stereocenters. The molecule has 1 fully saturated rings. The summed E-state index contributed by atoms with van der Waals surface area (Å²) in [6.07, 6.45) is 1.73. The highest BCUT2D eigenvalue weighted by Crippen LogP contribution is 2.27. The number of carbonyl (C=O) groups is 2. The van der Waals surface area contributed by atoms with Crippen LogP contribution < -0.4 is 11.5 Å². The minimum Gasteiger partial charge on any atom is -0.395 e. The second-order valence-electron chi connectivity index (χ2n) is 3.76. The minimum absolute atomic E-state index is 0.0917. The van der Waals surface area contributed by atoms with Gasteiger partial charge in [0.1, 0.15) is 0 Å². The molecule has 0 aliphatic heterocycles. The number of rotatable bonds is 6. The van der Waals surface area contributed by atoms with Crippen LogP contribution in [0.3, 0.4) is 0 Å². The van der Waals surface area contributed by atoms with Gasteiger partial charge in [-0.05, 0) is 12.8 Å². The predicted molar refractivity (Wildman–Crippen MR) is 53.6 cm³/mol. The molecule has 0 spiro atoms. The summed E-state index contributed by atoms with van der Waals surface area (Å²) in [5.41, 5.74) is 10.5. The summed E-state index contributed by atoms with van der Waals surface area (Å²) in [6, 6.07) is -0.696. The van der Waals surface area contributed by atoms with Gasteiger partial charge in [-0.3, -0.25) is 9.59 Å². The van der Waals surface area contributed by atoms with E-state index in [9.17, 15) is 9.59 Å². The van der Waals surface area contributed by atoms with Crippen molar-refractivity contribution in [1.29, 1.82) is 0 Å². The molecule has 1 aliphatic carbocycles. The summed E-state index contributed by atoms with van der Waals surface area (Å²) < 4.78 is 0. The second kappa shape index (κ2) is 5.09. The molecule has 0 bridgehead atoms. The van der Waals surface area contributed by atoms with Crippen molar-refractivity contribution in [1.82, 2.24) is 4.90 Å². The predicted octanol–water partition coefficient (Wildman–Crippen LogP) is -1.83. The van der Waals surface area contributed by atoms with Crippen molar-refractivity contribution >= 4 is 11.8 Å². The first-order valence-electron chi connectivity index (χ1n) is 5.01. The van der Waals surface area contributed by atoms with Gasteiger partial charge in [-0.2, -0.15) is 0 Å². The van der Waals surface area contributed by atoms with Gasteiger partial charge in [0.15, 0.2) is 0 Å². The Bertz CT molecular complexity index is 253. The third kappa shape index (κ3) is 3.49. The fourth-order valence-electron chi connectivity index (χ4n) is 1.48. The molecule has 1 rings (SSSR count). The number of aliphatic hydroxyl groups excluding tert-OH is 1. The Morgan fingerprint density at radius 2 is 2.07 bits per heavy atom. The lowest BCUT2D eigenvalue weighted by atomic mass is 10.2. The number of primary amides is 1. The van der Waals surface area contributed by atoms with Gasteiger partial charge in [-0.15, -0.1) is 0 Å². The first kappa shape index (κ1) is 11.9. The lowest BCUT2D eigenvalue weighted by molar-refractivity contribution is -0.135. The Kier molecular flexibility index (Phi) is 4.05. The van der Waals surface area contributed by atoms with Crippen LogP contribution in [-0.4, -0.2) is 47.1 Å². The minimum atomic E-state index is -0.880. The topological polar surface area (TPSA) is 110 Å². The Morgan fingerprint density at radius 3 is 2.47 bits per heavy atom. The summed E-state index contributed by atoms with van der Waals surface area (Å²) >= 11 is 0. The SMILES string of the molecule is NC(=O)CC(N)C(=O)N(CCO)C1CC1. The van der Waals surface area contributed by atoms with Crippen molar-refractivity contribution < 1.29 is 14.7 Å². The lowest BCUT2D eigenvalue weighted by Gasteiger charge is -2.24. The molecule has 5 N–H and O–H groups in total. The summed E-state index contributed by atoms with van der Waals surface area (Å²) in [6.45, 7) is 0.182. The van der Waals surface area contributed by atoms with Crippen LogP contribution in [0, 0.1) is 0 Å². The number of aliphatic hydroxyl groups is 1. The highest BCUT2D eigenvalue weighted by molar-refractivity contribution is 5.87. The van der Waals surface area contributed by atoms with Gasteiger partial charge in [0, 0.05) is 12.6 Å². The lowest BCUT2D eigenvalue weighted by Crippen LogP contribution is -2.47. The van der Waals surface area contributed by atoms with Crippen molar-refractivity contribution in [2.24, 2.45) is 11.5 Å². The highest BCUT2D eigenvalue weighted by atomic mass is 16.3. The standard InChI is InChI=1S/C9H17N3O3/c10-7(5-8(11)14)9(15)12(3-4-13)6-1-2-6/h6-7,13H,1-5,10H2,(H2,11,14). The fourth-order valence-corrected chi connectivity index (χ4v) is 1.48. The number of hydrogen-bond acceptors (Lipinski definition) is 4. The van der Waals surface area contributed by atoms with E-state index in [0.717, 1.165) is 12.8 Å². The summed E-state index contributed by atoms with van der Waals surface area (Å²) in [5, 5.41) is 8.80. The molecule has 0 aromatic rings. The molecule has 1 aliphatic rings. The molecule has 0 aromatic heterocycles. The first-order chi connectivity index (χ1) is 7.06. The molecule has 2 amide bonds. The van der Waals surface area contributed by atoms with Crippen LogP contribution in [0.5, 0.6) is 0 Å². The number of nitrogens with two attached hydrogens (primary N) is 2. The van der Waals surface area contributed by atoms with Gasteiger partial charge in [0.25, 0.3) is 0 Å². The molecule has 86 valence electrons. The maximum absolute atomic E-state index is 11.7. The summed E-state index contributed by atoms with van der Waals surface area (Å²) in [7, 11) is 0. The van der Waals surface area contributed by atoms with E-state index < -0.39 is 11.9 Å². The zero-order valence-electron chi connectivity index (χ0n) is 8.56. The Morgan fingerprint density at radius 1 is 1.47 bits per heavy atom. The van der Waals surface area contributed by atoms with Gasteiger partial charge >= 0.3 is 0 Å². The number of carbonyl (C=O) groups excluding carboxylic acids is 2. The maximum atomic E-state index is 11.7. The van der Waals surface area contributed by atoms with Crippen LogP contribution in [0.4, 0.5) is 0 Å². The molecule has 15 heavy (non-hydrogen) atoms. The van der Waals surface area contributed by atoms with Gasteiger partial charge in [0.05, 0.1) is 19.1 Å². The molecule has 0 heterocycles. The normalized spacial score (nSPS) is 17.2. The van der Waals surface area contributed by atoms with E-state index in [-0.39, 0.29) is 31.5 Å². The molecule has 1 saturated carbocycles. The quantitative estimate of drug-likeness (QED) is 0.484. The van der Waals surface area contributed by atoms with Crippen LogP contribution in [0.15, 0.2) is 0 Å². The van der Waals surface area contributed by atoms with E-state index in [1.54, 1.807) is 0 Å². The van der Waals surface area contributed by atoms with Crippen LogP contribution in [0.25, 0.3) is 0 Å². The molecule has 0 saturated heterocycles. The summed E-state index contributed by atoms with van der Waals surface area (Å²) in [4.78, 5) is 23.9. The van der Waals surface area contributed by atoms with Crippen LogP contribution in [0.2, 0.25) is 0 Å².